The maximum atomic E-state index is 12.1. The number of carboxylic acids is 1. The van der Waals surface area contributed by atoms with Crippen LogP contribution >= 0.6 is 0 Å². The monoisotopic (exact) mass is 398 g/mol. The van der Waals surface area contributed by atoms with Crippen LogP contribution in [0, 0.1) is 0 Å². The molecule has 1 saturated carbocycles. The maximum Gasteiger partial charge on any atom is 0.317 e. The molecule has 0 unspecified atom stereocenters. The number of carbonyl (C=O) groups is 2. The number of amides is 2. The first-order chi connectivity index (χ1) is 14.0. The van der Waals surface area contributed by atoms with Gasteiger partial charge in [-0.15, -0.1) is 0 Å². The Morgan fingerprint density at radius 3 is 2.59 bits per heavy atom. The van der Waals surface area contributed by atoms with Crippen LogP contribution in [0.25, 0.3) is 0 Å². The summed E-state index contributed by atoms with van der Waals surface area (Å²) in [6.07, 6.45) is 3.20. The highest BCUT2D eigenvalue weighted by atomic mass is 16.5. The maximum absolute atomic E-state index is 12.1. The van der Waals surface area contributed by atoms with Gasteiger partial charge >= 0.3 is 12.0 Å². The molecular formula is C21H26N4O4. The van der Waals surface area contributed by atoms with Gasteiger partial charge in [-0.25, -0.2) is 9.78 Å². The van der Waals surface area contributed by atoms with E-state index in [2.05, 4.69) is 15.6 Å². The zero-order chi connectivity index (χ0) is 20.6. The third kappa shape index (κ3) is 6.18. The van der Waals surface area contributed by atoms with Crippen molar-refractivity contribution in [3.63, 3.8) is 0 Å². The Morgan fingerprint density at radius 2 is 1.97 bits per heavy atom. The van der Waals surface area contributed by atoms with Crippen molar-refractivity contribution in [1.29, 1.82) is 0 Å². The van der Waals surface area contributed by atoms with Gasteiger partial charge in [-0.05, 0) is 37.1 Å². The van der Waals surface area contributed by atoms with Crippen LogP contribution in [0.3, 0.4) is 0 Å². The molecule has 0 saturated heterocycles. The second-order valence-corrected chi connectivity index (χ2v) is 7.03. The second kappa shape index (κ2) is 9.88. The quantitative estimate of drug-likeness (QED) is 0.600. The van der Waals surface area contributed by atoms with Gasteiger partial charge in [0.05, 0.1) is 6.54 Å². The number of pyridine rings is 1. The number of hydrogen-bond donors (Lipinski definition) is 3. The van der Waals surface area contributed by atoms with Gasteiger partial charge < -0.3 is 20.5 Å². The number of carbonyl (C=O) groups excluding carboxylic acids is 1. The minimum atomic E-state index is -0.824. The van der Waals surface area contributed by atoms with E-state index in [9.17, 15) is 9.59 Å². The lowest BCUT2D eigenvalue weighted by molar-refractivity contribution is -0.139. The van der Waals surface area contributed by atoms with Gasteiger partial charge in [0.1, 0.15) is 5.75 Å². The Morgan fingerprint density at radius 1 is 1.21 bits per heavy atom. The van der Waals surface area contributed by atoms with E-state index in [0.717, 1.165) is 18.4 Å². The van der Waals surface area contributed by atoms with Crippen molar-refractivity contribution in [2.75, 3.05) is 13.1 Å². The molecule has 1 heterocycles. The van der Waals surface area contributed by atoms with Crippen LogP contribution in [0.4, 0.5) is 4.79 Å². The lowest BCUT2D eigenvalue weighted by Gasteiger charge is -2.42. The van der Waals surface area contributed by atoms with E-state index in [0.29, 0.717) is 24.7 Å². The highest BCUT2D eigenvalue weighted by Gasteiger charge is 2.34. The Labute approximate surface area is 169 Å². The standard InChI is InChI=1S/C21H26N4O4/c1-2-25(14-20(26)27)17-10-16(11-17)24-21(28)23-13-15-8-9-19(22-12-15)29-18-6-4-3-5-7-18/h3-9,12,16-17H,2,10-11,13-14H2,1H3,(H,26,27)(H2,23,24,28). The van der Waals surface area contributed by atoms with Crippen LogP contribution in [0.5, 0.6) is 11.6 Å². The molecule has 0 spiro atoms. The predicted octanol–water partition coefficient (Wildman–Crippen LogP) is 2.61. The van der Waals surface area contributed by atoms with Gasteiger partial charge in [0.15, 0.2) is 0 Å². The fourth-order valence-corrected chi connectivity index (χ4v) is 3.28. The number of nitrogens with zero attached hydrogens (tertiary/aromatic N) is 2. The summed E-state index contributed by atoms with van der Waals surface area (Å²) in [6.45, 7) is 3.03. The number of nitrogens with one attached hydrogen (secondary N) is 2. The molecule has 3 rings (SSSR count). The number of urea groups is 1. The molecular weight excluding hydrogens is 372 g/mol. The number of para-hydroxylation sites is 1. The van der Waals surface area contributed by atoms with Gasteiger partial charge in [0.2, 0.25) is 5.88 Å². The fraction of sp³-hybridized carbons (Fsp3) is 0.381. The number of hydrogen-bond acceptors (Lipinski definition) is 5. The van der Waals surface area contributed by atoms with Gasteiger partial charge in [-0.3, -0.25) is 9.69 Å². The van der Waals surface area contributed by atoms with Crippen LogP contribution in [0.2, 0.25) is 0 Å². The highest BCUT2D eigenvalue weighted by Crippen LogP contribution is 2.25. The SMILES string of the molecule is CCN(CC(=O)O)C1CC(NC(=O)NCc2ccc(Oc3ccccc3)nc2)C1. The van der Waals surface area contributed by atoms with E-state index in [1.165, 1.54) is 0 Å². The Bertz CT molecular complexity index is 807. The van der Waals surface area contributed by atoms with Crippen LogP contribution < -0.4 is 15.4 Å². The molecule has 1 aliphatic rings. The van der Waals surface area contributed by atoms with Crippen LogP contribution in [-0.2, 0) is 11.3 Å². The average molecular weight is 398 g/mol. The molecule has 8 nitrogen and oxygen atoms in total. The van der Waals surface area contributed by atoms with E-state index in [-0.39, 0.29) is 24.7 Å². The molecule has 3 N–H and O–H groups in total. The van der Waals surface area contributed by atoms with Crippen LogP contribution in [0.1, 0.15) is 25.3 Å². The number of aliphatic carboxylic acids is 1. The first-order valence-corrected chi connectivity index (χ1v) is 9.71. The van der Waals surface area contributed by atoms with Crippen molar-refractivity contribution in [3.8, 4) is 11.6 Å². The molecule has 0 atom stereocenters. The lowest BCUT2D eigenvalue weighted by Crippen LogP contribution is -2.56. The molecule has 0 aliphatic heterocycles. The Balaban J connectivity index is 1.37. The second-order valence-electron chi connectivity index (χ2n) is 7.03. The van der Waals surface area contributed by atoms with E-state index in [1.807, 2.05) is 48.2 Å². The zero-order valence-corrected chi connectivity index (χ0v) is 16.4. The number of likely N-dealkylation sites (N-methyl/N-ethyl adjacent to an activating group) is 1. The molecule has 1 aromatic carbocycles. The van der Waals surface area contributed by atoms with E-state index in [4.69, 9.17) is 9.84 Å². The summed E-state index contributed by atoms with van der Waals surface area (Å²) in [7, 11) is 0. The van der Waals surface area contributed by atoms with Crippen molar-refractivity contribution in [2.45, 2.75) is 38.4 Å². The van der Waals surface area contributed by atoms with Crippen LogP contribution in [0.15, 0.2) is 48.7 Å². The summed E-state index contributed by atoms with van der Waals surface area (Å²) >= 11 is 0. The molecule has 8 heteroatoms. The largest absolute Gasteiger partial charge is 0.480 e. The van der Waals surface area contributed by atoms with Crippen molar-refractivity contribution in [3.05, 3.63) is 54.2 Å². The molecule has 0 radical (unpaired) electrons. The normalized spacial score (nSPS) is 18.0. The number of aromatic nitrogens is 1. The van der Waals surface area contributed by atoms with Crippen molar-refractivity contribution in [2.24, 2.45) is 0 Å². The molecule has 0 bridgehead atoms. The molecule has 154 valence electrons. The Kier molecular flexibility index (Phi) is 7.02. The molecule has 29 heavy (non-hydrogen) atoms. The molecule has 1 aromatic heterocycles. The summed E-state index contributed by atoms with van der Waals surface area (Å²) in [4.78, 5) is 29.1. The minimum absolute atomic E-state index is 0.0388. The Hall–Kier alpha value is -3.13. The van der Waals surface area contributed by atoms with E-state index >= 15 is 0 Å². The van der Waals surface area contributed by atoms with Gasteiger partial charge in [0.25, 0.3) is 0 Å². The van der Waals surface area contributed by atoms with Crippen molar-refractivity contribution >= 4 is 12.0 Å². The fourth-order valence-electron chi connectivity index (χ4n) is 3.28. The predicted molar refractivity (Wildman–Crippen MR) is 108 cm³/mol. The number of benzene rings is 1. The molecule has 1 aliphatic carbocycles. The van der Waals surface area contributed by atoms with Gasteiger partial charge in [0, 0.05) is 30.9 Å². The number of rotatable bonds is 9. The first-order valence-electron chi connectivity index (χ1n) is 9.71. The average Bonchev–Trinajstić information content (AvgIpc) is 2.69. The molecule has 2 aromatic rings. The first kappa shape index (κ1) is 20.6. The van der Waals surface area contributed by atoms with Gasteiger partial charge in [-0.1, -0.05) is 31.2 Å². The summed E-state index contributed by atoms with van der Waals surface area (Å²) in [6, 6.07) is 13.1. The summed E-state index contributed by atoms with van der Waals surface area (Å²) < 4.78 is 5.64. The topological polar surface area (TPSA) is 104 Å². The van der Waals surface area contributed by atoms with Crippen LogP contribution in [-0.4, -0.2) is 52.2 Å². The summed E-state index contributed by atoms with van der Waals surface area (Å²) in [5.74, 6) is 0.385. The highest BCUT2D eigenvalue weighted by molar-refractivity contribution is 5.74. The zero-order valence-electron chi connectivity index (χ0n) is 16.4. The van der Waals surface area contributed by atoms with E-state index in [1.54, 1.807) is 12.3 Å². The smallest absolute Gasteiger partial charge is 0.317 e. The van der Waals surface area contributed by atoms with E-state index < -0.39 is 5.97 Å². The lowest BCUT2D eigenvalue weighted by atomic mass is 9.85. The molecule has 2 amide bonds. The third-order valence-corrected chi connectivity index (χ3v) is 4.93. The number of ether oxygens (including phenoxy) is 1. The van der Waals surface area contributed by atoms with Gasteiger partial charge in [-0.2, -0.15) is 0 Å². The van der Waals surface area contributed by atoms with Crippen molar-refractivity contribution in [1.82, 2.24) is 20.5 Å². The summed E-state index contributed by atoms with van der Waals surface area (Å²) in [5, 5.41) is 14.7. The summed E-state index contributed by atoms with van der Waals surface area (Å²) in [5.41, 5.74) is 0.866. The number of carboxylic acid groups (broad SMARTS) is 1. The minimum Gasteiger partial charge on any atom is -0.480 e. The van der Waals surface area contributed by atoms with Crippen molar-refractivity contribution < 1.29 is 19.4 Å². The molecule has 1 fully saturated rings. The third-order valence-electron chi connectivity index (χ3n) is 4.93.